The first-order chi connectivity index (χ1) is 14.4. The number of primary amides is 1. The third-order valence-electron chi connectivity index (χ3n) is 4.38. The number of amides is 4. The van der Waals surface area contributed by atoms with E-state index in [1.54, 1.807) is 13.8 Å². The normalized spacial score (nSPS) is 14.8. The molecule has 4 amide bonds. The van der Waals surface area contributed by atoms with Gasteiger partial charge in [0.2, 0.25) is 23.6 Å². The van der Waals surface area contributed by atoms with Crippen LogP contribution in [0.2, 0.25) is 0 Å². The Hall–Kier alpha value is -2.77. The molecule has 0 heterocycles. The van der Waals surface area contributed by atoms with Crippen molar-refractivity contribution in [3.05, 3.63) is 0 Å². The Labute approximate surface area is 180 Å². The molecule has 0 radical (unpaired) electrons. The Balaban J connectivity index is 5.38. The van der Waals surface area contributed by atoms with Gasteiger partial charge in [0, 0.05) is 0 Å². The fraction of sp³-hybridized carbons (Fsp3) is 0.722. The Kier molecular flexibility index (Phi) is 13.0. The Bertz CT molecular complexity index is 643. The maximum atomic E-state index is 12.8. The summed E-state index contributed by atoms with van der Waals surface area (Å²) in [5.41, 5.74) is 15.9. The molecule has 0 rings (SSSR count). The minimum atomic E-state index is -1.55. The van der Waals surface area contributed by atoms with E-state index in [1.165, 1.54) is 0 Å². The zero-order chi connectivity index (χ0) is 24.1. The molecule has 4 atom stereocenters. The molecule has 0 aromatic rings. The maximum absolute atomic E-state index is 12.8. The lowest BCUT2D eigenvalue weighted by atomic mass is 10.0. The van der Waals surface area contributed by atoms with Crippen molar-refractivity contribution >= 4 is 29.6 Å². The van der Waals surface area contributed by atoms with E-state index in [1.807, 2.05) is 0 Å². The molecule has 31 heavy (non-hydrogen) atoms. The van der Waals surface area contributed by atoms with E-state index in [9.17, 15) is 24.0 Å². The fourth-order valence-corrected chi connectivity index (χ4v) is 2.57. The second-order valence-corrected chi connectivity index (χ2v) is 7.43. The number of rotatable bonds is 15. The molecule has 0 bridgehead atoms. The standard InChI is InChI=1S/C18H34N6O7/c1-9(2)14(17(29)23-12(18(30)31)7-13(21)26)24-16(28)11(5-3-4-6-19)22-15(27)10(20)8-25/h9-12,14,25H,3-8,19-20H2,1-2H3,(H2,21,26)(H,22,27)(H,23,29)(H,24,28)(H,30,31). The van der Waals surface area contributed by atoms with E-state index >= 15 is 0 Å². The number of nitrogens with two attached hydrogens (primary N) is 3. The minimum Gasteiger partial charge on any atom is -0.480 e. The van der Waals surface area contributed by atoms with Gasteiger partial charge in [0.05, 0.1) is 13.0 Å². The first-order valence-corrected chi connectivity index (χ1v) is 9.93. The van der Waals surface area contributed by atoms with E-state index in [0.29, 0.717) is 19.4 Å². The summed E-state index contributed by atoms with van der Waals surface area (Å²) < 4.78 is 0. The van der Waals surface area contributed by atoms with Crippen molar-refractivity contribution in [3.8, 4) is 0 Å². The number of carbonyl (C=O) groups is 5. The summed E-state index contributed by atoms with van der Waals surface area (Å²) in [4.78, 5) is 59.6. The van der Waals surface area contributed by atoms with E-state index in [2.05, 4.69) is 16.0 Å². The quantitative estimate of drug-likeness (QED) is 0.116. The minimum absolute atomic E-state index is 0.207. The summed E-state index contributed by atoms with van der Waals surface area (Å²) in [5, 5.41) is 25.3. The zero-order valence-electron chi connectivity index (χ0n) is 17.8. The van der Waals surface area contributed by atoms with Crippen molar-refractivity contribution in [1.82, 2.24) is 16.0 Å². The number of aliphatic hydroxyl groups is 1. The molecule has 0 fully saturated rings. The molecule has 11 N–H and O–H groups in total. The summed E-state index contributed by atoms with van der Waals surface area (Å²) in [6.07, 6.45) is 0.685. The summed E-state index contributed by atoms with van der Waals surface area (Å²) >= 11 is 0. The zero-order valence-corrected chi connectivity index (χ0v) is 17.8. The molecule has 0 spiro atoms. The van der Waals surface area contributed by atoms with Crippen LogP contribution >= 0.6 is 0 Å². The molecule has 178 valence electrons. The summed E-state index contributed by atoms with van der Waals surface area (Å²) in [7, 11) is 0. The first kappa shape index (κ1) is 28.2. The van der Waals surface area contributed by atoms with Crippen molar-refractivity contribution in [2.75, 3.05) is 13.2 Å². The molecule has 0 aliphatic heterocycles. The van der Waals surface area contributed by atoms with Crippen LogP contribution in [0.3, 0.4) is 0 Å². The maximum Gasteiger partial charge on any atom is 0.326 e. The lowest BCUT2D eigenvalue weighted by Crippen LogP contribution is -2.58. The number of unbranched alkanes of at least 4 members (excludes halogenated alkanes) is 1. The Morgan fingerprint density at radius 2 is 1.48 bits per heavy atom. The van der Waals surface area contributed by atoms with E-state index < -0.39 is 72.7 Å². The number of nitrogens with one attached hydrogen (secondary N) is 3. The van der Waals surface area contributed by atoms with Crippen molar-refractivity contribution in [2.45, 2.75) is 63.7 Å². The van der Waals surface area contributed by atoms with Crippen LogP contribution in [0.5, 0.6) is 0 Å². The van der Waals surface area contributed by atoms with E-state index in [4.69, 9.17) is 27.4 Å². The average molecular weight is 447 g/mol. The molecule has 0 aliphatic carbocycles. The number of hydrogen-bond acceptors (Lipinski definition) is 8. The van der Waals surface area contributed by atoms with Crippen molar-refractivity contribution in [1.29, 1.82) is 0 Å². The van der Waals surface area contributed by atoms with Crippen LogP contribution in [0.1, 0.15) is 39.5 Å². The van der Waals surface area contributed by atoms with Gasteiger partial charge in [0.1, 0.15) is 24.2 Å². The van der Waals surface area contributed by atoms with E-state index in [0.717, 1.165) is 0 Å². The molecule has 0 aromatic heterocycles. The largest absolute Gasteiger partial charge is 0.480 e. The van der Waals surface area contributed by atoms with Crippen LogP contribution in [0.15, 0.2) is 0 Å². The van der Waals surface area contributed by atoms with Crippen molar-refractivity contribution in [2.24, 2.45) is 23.1 Å². The highest BCUT2D eigenvalue weighted by molar-refractivity contribution is 5.95. The number of carboxylic acids is 1. The van der Waals surface area contributed by atoms with Crippen LogP contribution in [0.25, 0.3) is 0 Å². The topological polar surface area (TPSA) is 240 Å². The number of aliphatic carboxylic acids is 1. The Morgan fingerprint density at radius 1 is 0.903 bits per heavy atom. The van der Waals surface area contributed by atoms with Crippen LogP contribution < -0.4 is 33.2 Å². The van der Waals surface area contributed by atoms with Gasteiger partial charge in [-0.05, 0) is 31.7 Å². The van der Waals surface area contributed by atoms with Gasteiger partial charge in [-0.15, -0.1) is 0 Å². The Morgan fingerprint density at radius 3 is 1.94 bits per heavy atom. The van der Waals surface area contributed by atoms with Gasteiger partial charge < -0.3 is 43.4 Å². The van der Waals surface area contributed by atoms with Crippen molar-refractivity contribution < 1.29 is 34.2 Å². The highest BCUT2D eigenvalue weighted by atomic mass is 16.4. The summed E-state index contributed by atoms with van der Waals surface area (Å²) in [5.74, 6) is -5.07. The average Bonchev–Trinajstić information content (AvgIpc) is 2.68. The van der Waals surface area contributed by atoms with E-state index in [-0.39, 0.29) is 6.42 Å². The SMILES string of the molecule is CC(C)C(NC(=O)C(CCCCN)NC(=O)C(N)CO)C(=O)NC(CC(N)=O)C(=O)O. The van der Waals surface area contributed by atoms with Gasteiger partial charge in [-0.1, -0.05) is 13.8 Å². The fourth-order valence-electron chi connectivity index (χ4n) is 2.57. The van der Waals surface area contributed by atoms with Gasteiger partial charge in [0.15, 0.2) is 0 Å². The highest BCUT2D eigenvalue weighted by Crippen LogP contribution is 2.07. The second kappa shape index (κ2) is 14.3. The lowest BCUT2D eigenvalue weighted by molar-refractivity contribution is -0.144. The number of aliphatic hydroxyl groups excluding tert-OH is 1. The second-order valence-electron chi connectivity index (χ2n) is 7.43. The molecule has 4 unspecified atom stereocenters. The molecule has 0 aromatic carbocycles. The third-order valence-corrected chi connectivity index (χ3v) is 4.38. The molecule has 0 saturated carbocycles. The molecule has 0 saturated heterocycles. The molecular formula is C18H34N6O7. The first-order valence-electron chi connectivity index (χ1n) is 9.93. The van der Waals surface area contributed by atoms with Gasteiger partial charge in [0.25, 0.3) is 0 Å². The van der Waals surface area contributed by atoms with Gasteiger partial charge in [-0.25, -0.2) is 4.79 Å². The molecule has 0 aliphatic rings. The number of carbonyl (C=O) groups excluding carboxylic acids is 4. The van der Waals surface area contributed by atoms with Crippen LogP contribution in [-0.2, 0) is 24.0 Å². The smallest absolute Gasteiger partial charge is 0.326 e. The predicted molar refractivity (Wildman–Crippen MR) is 110 cm³/mol. The van der Waals surface area contributed by atoms with Crippen LogP contribution in [0.4, 0.5) is 0 Å². The van der Waals surface area contributed by atoms with Gasteiger partial charge >= 0.3 is 5.97 Å². The van der Waals surface area contributed by atoms with Gasteiger partial charge in [-0.3, -0.25) is 19.2 Å². The predicted octanol–water partition coefficient (Wildman–Crippen LogP) is -3.49. The third kappa shape index (κ3) is 10.7. The summed E-state index contributed by atoms with van der Waals surface area (Å²) in [6.45, 7) is 3.01. The number of hydrogen-bond donors (Lipinski definition) is 8. The molecule has 13 nitrogen and oxygen atoms in total. The lowest BCUT2D eigenvalue weighted by Gasteiger charge is -2.27. The summed E-state index contributed by atoms with van der Waals surface area (Å²) in [6, 6.07) is -4.97. The number of carboxylic acid groups (broad SMARTS) is 1. The molecular weight excluding hydrogens is 412 g/mol. The van der Waals surface area contributed by atoms with Gasteiger partial charge in [-0.2, -0.15) is 0 Å². The van der Waals surface area contributed by atoms with Crippen molar-refractivity contribution in [3.63, 3.8) is 0 Å². The molecule has 13 heteroatoms. The highest BCUT2D eigenvalue weighted by Gasteiger charge is 2.32. The van der Waals surface area contributed by atoms with Crippen LogP contribution in [-0.4, -0.2) is 77.1 Å². The van der Waals surface area contributed by atoms with Crippen LogP contribution in [0, 0.1) is 5.92 Å². The monoisotopic (exact) mass is 446 g/mol.